The first-order chi connectivity index (χ1) is 14.7. The molecule has 1 N–H and O–H groups in total. The van der Waals surface area contributed by atoms with Crippen LogP contribution in [0, 0.1) is 6.92 Å². The van der Waals surface area contributed by atoms with Gasteiger partial charge in [-0.2, -0.15) is 0 Å². The van der Waals surface area contributed by atoms with E-state index in [0.29, 0.717) is 23.4 Å². The predicted octanol–water partition coefficient (Wildman–Crippen LogP) is 4.53. The minimum atomic E-state index is -0.120. The van der Waals surface area contributed by atoms with E-state index in [1.807, 2.05) is 35.1 Å². The van der Waals surface area contributed by atoms with E-state index in [1.54, 1.807) is 6.20 Å². The molecule has 2 heterocycles. The van der Waals surface area contributed by atoms with Crippen LogP contribution in [0.15, 0.2) is 53.1 Å². The van der Waals surface area contributed by atoms with Crippen molar-refractivity contribution in [1.29, 1.82) is 0 Å². The summed E-state index contributed by atoms with van der Waals surface area (Å²) in [7, 11) is 0. The van der Waals surface area contributed by atoms with Crippen LogP contribution >= 0.6 is 23.1 Å². The lowest BCUT2D eigenvalue weighted by Crippen LogP contribution is -2.14. The molecule has 4 rings (SSSR count). The van der Waals surface area contributed by atoms with Gasteiger partial charge in [-0.15, -0.1) is 21.5 Å². The molecule has 4 aromatic rings. The van der Waals surface area contributed by atoms with Crippen LogP contribution in [0.25, 0.3) is 10.8 Å². The number of anilines is 1. The zero-order valence-electron chi connectivity index (χ0n) is 16.7. The number of thioether (sulfide) groups is 1. The van der Waals surface area contributed by atoms with Crippen LogP contribution < -0.4 is 10.1 Å². The molecule has 9 heteroatoms. The number of amides is 1. The summed E-state index contributed by atoms with van der Waals surface area (Å²) in [6.45, 7) is 5.09. The Morgan fingerprint density at radius 2 is 2.10 bits per heavy atom. The van der Waals surface area contributed by atoms with E-state index < -0.39 is 0 Å². The summed E-state index contributed by atoms with van der Waals surface area (Å²) in [5.74, 6) is 1.68. The standard InChI is InChI=1S/C21H21N5O2S2/c1-3-26-18(12-28-17-9-8-15-6-4-5-7-16(15)14(17)2)24-25-21(26)30-13-19(27)23-20-22-10-11-29-20/h4-11H,3,12-13H2,1-2H3,(H,22,23,27). The number of thiazole rings is 1. The number of nitrogens with one attached hydrogen (secondary N) is 1. The summed E-state index contributed by atoms with van der Waals surface area (Å²) in [4.78, 5) is 16.2. The Hall–Kier alpha value is -2.91. The van der Waals surface area contributed by atoms with Crippen molar-refractivity contribution in [2.24, 2.45) is 0 Å². The van der Waals surface area contributed by atoms with Gasteiger partial charge in [0.2, 0.25) is 5.91 Å². The summed E-state index contributed by atoms with van der Waals surface area (Å²) in [6, 6.07) is 12.3. The van der Waals surface area contributed by atoms with Gasteiger partial charge in [0.05, 0.1) is 5.75 Å². The van der Waals surface area contributed by atoms with E-state index in [4.69, 9.17) is 4.74 Å². The van der Waals surface area contributed by atoms with Gasteiger partial charge in [0.15, 0.2) is 16.1 Å². The van der Waals surface area contributed by atoms with Crippen molar-refractivity contribution in [3.8, 4) is 5.75 Å². The van der Waals surface area contributed by atoms with Crippen molar-refractivity contribution in [3.63, 3.8) is 0 Å². The molecule has 154 valence electrons. The fourth-order valence-electron chi connectivity index (χ4n) is 3.13. The number of aromatic nitrogens is 4. The third-order valence-electron chi connectivity index (χ3n) is 4.63. The molecule has 7 nitrogen and oxygen atoms in total. The number of hydrogen-bond acceptors (Lipinski definition) is 7. The van der Waals surface area contributed by atoms with Gasteiger partial charge < -0.3 is 14.6 Å². The fourth-order valence-corrected chi connectivity index (χ4v) is 4.49. The second-order valence-electron chi connectivity index (χ2n) is 6.52. The van der Waals surface area contributed by atoms with E-state index in [-0.39, 0.29) is 11.7 Å². The first-order valence-electron chi connectivity index (χ1n) is 9.51. The van der Waals surface area contributed by atoms with Crippen molar-refractivity contribution in [1.82, 2.24) is 19.7 Å². The summed E-state index contributed by atoms with van der Waals surface area (Å²) < 4.78 is 8.03. The van der Waals surface area contributed by atoms with Crippen LogP contribution in [0.1, 0.15) is 18.3 Å². The van der Waals surface area contributed by atoms with E-state index in [1.165, 1.54) is 33.9 Å². The van der Waals surface area contributed by atoms with Crippen molar-refractivity contribution < 1.29 is 9.53 Å². The molecule has 0 saturated carbocycles. The van der Waals surface area contributed by atoms with Crippen LogP contribution in [-0.2, 0) is 17.9 Å². The third kappa shape index (κ3) is 4.47. The summed E-state index contributed by atoms with van der Waals surface area (Å²) >= 11 is 2.74. The maximum Gasteiger partial charge on any atom is 0.236 e. The van der Waals surface area contributed by atoms with Gasteiger partial charge >= 0.3 is 0 Å². The first kappa shape index (κ1) is 20.4. The van der Waals surface area contributed by atoms with Gasteiger partial charge in [-0.1, -0.05) is 42.1 Å². The smallest absolute Gasteiger partial charge is 0.236 e. The molecule has 2 aromatic carbocycles. The SMILES string of the molecule is CCn1c(COc2ccc3ccccc3c2C)nnc1SCC(=O)Nc1nccs1. The molecule has 0 aliphatic carbocycles. The lowest BCUT2D eigenvalue weighted by Gasteiger charge is -2.12. The Balaban J connectivity index is 1.41. The second kappa shape index (κ2) is 9.27. The zero-order chi connectivity index (χ0) is 20.9. The van der Waals surface area contributed by atoms with E-state index in [0.717, 1.165) is 17.1 Å². The highest BCUT2D eigenvalue weighted by molar-refractivity contribution is 7.99. The van der Waals surface area contributed by atoms with Gasteiger partial charge in [0.1, 0.15) is 12.4 Å². The van der Waals surface area contributed by atoms with Crippen molar-refractivity contribution in [3.05, 3.63) is 59.4 Å². The maximum atomic E-state index is 12.1. The molecule has 0 aliphatic heterocycles. The fraction of sp³-hybridized carbons (Fsp3) is 0.238. The lowest BCUT2D eigenvalue weighted by atomic mass is 10.0. The van der Waals surface area contributed by atoms with Gasteiger partial charge in [-0.3, -0.25) is 4.79 Å². The number of nitrogens with zero attached hydrogens (tertiary/aromatic N) is 4. The Labute approximate surface area is 182 Å². The monoisotopic (exact) mass is 439 g/mol. The highest BCUT2D eigenvalue weighted by Gasteiger charge is 2.15. The van der Waals surface area contributed by atoms with Gasteiger partial charge in [-0.25, -0.2) is 4.98 Å². The van der Waals surface area contributed by atoms with Gasteiger partial charge in [0.25, 0.3) is 0 Å². The molecule has 0 saturated heterocycles. The first-order valence-corrected chi connectivity index (χ1v) is 11.4. The molecule has 30 heavy (non-hydrogen) atoms. The van der Waals surface area contributed by atoms with E-state index in [2.05, 4.69) is 45.6 Å². The molecule has 0 fully saturated rings. The number of benzene rings is 2. The predicted molar refractivity (Wildman–Crippen MR) is 120 cm³/mol. The lowest BCUT2D eigenvalue weighted by molar-refractivity contribution is -0.113. The topological polar surface area (TPSA) is 81.9 Å². The Kier molecular flexibility index (Phi) is 6.29. The van der Waals surface area contributed by atoms with Crippen molar-refractivity contribution >= 4 is 44.9 Å². The molecule has 0 atom stereocenters. The minimum absolute atomic E-state index is 0.120. The van der Waals surface area contributed by atoms with Crippen LogP contribution in [0.4, 0.5) is 5.13 Å². The number of rotatable bonds is 8. The Bertz CT molecular complexity index is 1160. The highest BCUT2D eigenvalue weighted by atomic mass is 32.2. The number of hydrogen-bond donors (Lipinski definition) is 1. The minimum Gasteiger partial charge on any atom is -0.485 e. The number of aryl methyl sites for hydroxylation is 1. The molecule has 0 aliphatic rings. The number of fused-ring (bicyclic) bond motifs is 1. The molecular weight excluding hydrogens is 418 g/mol. The molecule has 0 unspecified atom stereocenters. The number of carbonyl (C=O) groups is 1. The summed E-state index contributed by atoms with van der Waals surface area (Å²) in [5, 5.41) is 16.8. The van der Waals surface area contributed by atoms with Gasteiger partial charge in [-0.05, 0) is 36.2 Å². The second-order valence-corrected chi connectivity index (χ2v) is 8.35. The number of ether oxygens (including phenoxy) is 1. The van der Waals surface area contributed by atoms with Crippen molar-refractivity contribution in [2.75, 3.05) is 11.1 Å². The van der Waals surface area contributed by atoms with Crippen LogP contribution in [0.3, 0.4) is 0 Å². The van der Waals surface area contributed by atoms with Gasteiger partial charge in [0, 0.05) is 18.1 Å². The zero-order valence-corrected chi connectivity index (χ0v) is 18.3. The average molecular weight is 440 g/mol. The van der Waals surface area contributed by atoms with Crippen LogP contribution in [0.5, 0.6) is 5.75 Å². The molecule has 2 aromatic heterocycles. The van der Waals surface area contributed by atoms with E-state index >= 15 is 0 Å². The molecule has 0 bridgehead atoms. The largest absolute Gasteiger partial charge is 0.485 e. The Morgan fingerprint density at radius 3 is 2.90 bits per heavy atom. The average Bonchev–Trinajstić information content (AvgIpc) is 3.41. The normalized spacial score (nSPS) is 11.0. The summed E-state index contributed by atoms with van der Waals surface area (Å²) in [6.07, 6.45) is 1.66. The molecule has 1 amide bonds. The van der Waals surface area contributed by atoms with Crippen molar-refractivity contribution in [2.45, 2.75) is 32.2 Å². The quantitative estimate of drug-likeness (QED) is 0.406. The number of carbonyl (C=O) groups excluding carboxylic acids is 1. The summed E-state index contributed by atoms with van der Waals surface area (Å²) in [5.41, 5.74) is 1.10. The molecular formula is C21H21N5O2S2. The third-order valence-corrected chi connectivity index (χ3v) is 6.28. The maximum absolute atomic E-state index is 12.1. The van der Waals surface area contributed by atoms with E-state index in [9.17, 15) is 4.79 Å². The Morgan fingerprint density at radius 1 is 1.23 bits per heavy atom. The molecule has 0 radical (unpaired) electrons. The molecule has 0 spiro atoms. The van der Waals surface area contributed by atoms with Crippen LogP contribution in [-0.4, -0.2) is 31.4 Å². The highest BCUT2D eigenvalue weighted by Crippen LogP contribution is 2.28. The van der Waals surface area contributed by atoms with Crippen LogP contribution in [0.2, 0.25) is 0 Å².